The van der Waals surface area contributed by atoms with Crippen molar-refractivity contribution in [2.24, 2.45) is 7.05 Å². The number of fused-ring (bicyclic) bond motifs is 2. The van der Waals surface area contributed by atoms with Gasteiger partial charge in [-0.05, 0) is 39.7 Å². The first-order valence-electron chi connectivity index (χ1n) is 8.06. The van der Waals surface area contributed by atoms with Crippen LogP contribution >= 0.6 is 15.9 Å². The first kappa shape index (κ1) is 16.0. The molecule has 0 N–H and O–H groups in total. The molecular weight excluding hydrogens is 378 g/mol. The molecule has 0 saturated carbocycles. The summed E-state index contributed by atoms with van der Waals surface area (Å²) in [5.74, 6) is 1.02. The third-order valence-electron chi connectivity index (χ3n) is 4.54. The van der Waals surface area contributed by atoms with Gasteiger partial charge in [0.25, 0.3) is 0 Å². The fourth-order valence-electron chi connectivity index (χ4n) is 3.12. The molecule has 0 aliphatic heterocycles. The molecule has 4 nitrogen and oxygen atoms in total. The molecule has 5 heteroatoms. The first-order valence-corrected chi connectivity index (χ1v) is 8.86. The zero-order valence-corrected chi connectivity index (χ0v) is 15.6. The van der Waals surface area contributed by atoms with E-state index in [0.717, 1.165) is 37.7 Å². The van der Waals surface area contributed by atoms with Crippen LogP contribution in [0.1, 0.15) is 16.2 Å². The highest BCUT2D eigenvalue weighted by Gasteiger charge is 2.18. The summed E-state index contributed by atoms with van der Waals surface area (Å²) in [4.78, 5) is 17.3. The number of carbonyl (C=O) groups excluding carboxylic acids is 1. The van der Waals surface area contributed by atoms with Gasteiger partial charge in [0.1, 0.15) is 10.3 Å². The number of halogens is 1. The van der Waals surface area contributed by atoms with Crippen LogP contribution < -0.4 is 4.57 Å². The SMILES string of the molecule is Cc1nc2c[n+](CC(=O)c3ccc4ccccc4c3)cc(Br)c2n1C. The molecule has 4 aromatic rings. The smallest absolute Gasteiger partial charge is 0.227 e. The predicted molar refractivity (Wildman–Crippen MR) is 102 cm³/mol. The summed E-state index contributed by atoms with van der Waals surface area (Å²) >= 11 is 3.60. The van der Waals surface area contributed by atoms with Crippen LogP contribution in [0.3, 0.4) is 0 Å². The van der Waals surface area contributed by atoms with E-state index in [0.29, 0.717) is 0 Å². The van der Waals surface area contributed by atoms with Crippen molar-refractivity contribution in [2.75, 3.05) is 0 Å². The number of rotatable bonds is 3. The fraction of sp³-hybridized carbons (Fsp3) is 0.150. The maximum absolute atomic E-state index is 12.7. The van der Waals surface area contributed by atoms with E-state index in [1.807, 2.05) is 78.0 Å². The molecule has 0 aliphatic rings. The highest BCUT2D eigenvalue weighted by atomic mass is 79.9. The number of nitrogens with zero attached hydrogens (tertiary/aromatic N) is 3. The molecule has 2 heterocycles. The molecule has 0 saturated heterocycles. The highest BCUT2D eigenvalue weighted by Crippen LogP contribution is 2.22. The van der Waals surface area contributed by atoms with E-state index >= 15 is 0 Å². The number of hydrogen-bond donors (Lipinski definition) is 0. The van der Waals surface area contributed by atoms with Gasteiger partial charge in [-0.3, -0.25) is 4.79 Å². The zero-order chi connectivity index (χ0) is 17.6. The van der Waals surface area contributed by atoms with Gasteiger partial charge in [-0.2, -0.15) is 4.57 Å². The lowest BCUT2D eigenvalue weighted by Gasteiger charge is -2.03. The molecule has 25 heavy (non-hydrogen) atoms. The van der Waals surface area contributed by atoms with Crippen LogP contribution in [0.15, 0.2) is 59.3 Å². The van der Waals surface area contributed by atoms with Gasteiger partial charge >= 0.3 is 0 Å². The fourth-order valence-corrected chi connectivity index (χ4v) is 3.85. The van der Waals surface area contributed by atoms with E-state index in [2.05, 4.69) is 20.9 Å². The monoisotopic (exact) mass is 394 g/mol. The molecule has 2 aromatic heterocycles. The van der Waals surface area contributed by atoms with Gasteiger partial charge in [0.2, 0.25) is 12.3 Å². The summed E-state index contributed by atoms with van der Waals surface area (Å²) < 4.78 is 4.85. The molecule has 4 rings (SSSR count). The van der Waals surface area contributed by atoms with E-state index in [4.69, 9.17) is 0 Å². The van der Waals surface area contributed by atoms with Crippen LogP contribution in [0, 0.1) is 6.92 Å². The number of Topliss-reactive ketones (excluding diaryl/α,β-unsaturated/α-hetero) is 1. The number of aryl methyl sites for hydroxylation is 2. The van der Waals surface area contributed by atoms with Crippen LogP contribution in [0.4, 0.5) is 0 Å². The minimum Gasteiger partial charge on any atom is -0.330 e. The Morgan fingerprint density at radius 3 is 2.72 bits per heavy atom. The number of hydrogen-bond acceptors (Lipinski definition) is 2. The number of ketones is 1. The lowest BCUT2D eigenvalue weighted by atomic mass is 10.0. The normalized spacial score (nSPS) is 11.3. The second-order valence-electron chi connectivity index (χ2n) is 6.22. The zero-order valence-electron chi connectivity index (χ0n) is 14.0. The quantitative estimate of drug-likeness (QED) is 0.389. The van der Waals surface area contributed by atoms with Crippen LogP contribution in [0.25, 0.3) is 21.8 Å². The Hall–Kier alpha value is -2.53. The molecule has 0 aliphatic carbocycles. The molecule has 0 bridgehead atoms. The molecule has 124 valence electrons. The van der Waals surface area contributed by atoms with Crippen molar-refractivity contribution in [3.8, 4) is 0 Å². The molecule has 0 spiro atoms. The average Bonchev–Trinajstić information content (AvgIpc) is 2.89. The van der Waals surface area contributed by atoms with E-state index < -0.39 is 0 Å². The van der Waals surface area contributed by atoms with Crippen molar-refractivity contribution < 1.29 is 9.36 Å². The topological polar surface area (TPSA) is 38.8 Å². The third kappa shape index (κ3) is 2.85. The summed E-state index contributed by atoms with van der Waals surface area (Å²) in [5, 5.41) is 2.22. The van der Waals surface area contributed by atoms with Crippen molar-refractivity contribution in [3.63, 3.8) is 0 Å². The lowest BCUT2D eigenvalue weighted by molar-refractivity contribution is -0.682. The molecule has 0 amide bonds. The Morgan fingerprint density at radius 2 is 1.92 bits per heavy atom. The summed E-state index contributed by atoms with van der Waals surface area (Å²) in [6, 6.07) is 13.9. The summed E-state index contributed by atoms with van der Waals surface area (Å²) in [7, 11) is 1.99. The van der Waals surface area contributed by atoms with Crippen LogP contribution in [0.2, 0.25) is 0 Å². The third-order valence-corrected chi connectivity index (χ3v) is 5.12. The van der Waals surface area contributed by atoms with Crippen LogP contribution in [0.5, 0.6) is 0 Å². The van der Waals surface area contributed by atoms with E-state index in [-0.39, 0.29) is 12.3 Å². The number of aromatic nitrogens is 3. The maximum Gasteiger partial charge on any atom is 0.227 e. The number of pyridine rings is 1. The molecule has 0 atom stereocenters. The second kappa shape index (κ2) is 6.08. The van der Waals surface area contributed by atoms with E-state index in [1.54, 1.807) is 0 Å². The molecule has 2 aromatic carbocycles. The van der Waals surface area contributed by atoms with Crippen LogP contribution in [-0.2, 0) is 13.6 Å². The van der Waals surface area contributed by atoms with Crippen molar-refractivity contribution in [3.05, 3.63) is 70.7 Å². The van der Waals surface area contributed by atoms with Crippen molar-refractivity contribution >= 4 is 43.5 Å². The highest BCUT2D eigenvalue weighted by molar-refractivity contribution is 9.10. The van der Waals surface area contributed by atoms with Gasteiger partial charge in [-0.25, -0.2) is 4.98 Å². The van der Waals surface area contributed by atoms with Crippen LogP contribution in [-0.4, -0.2) is 15.3 Å². The number of benzene rings is 2. The maximum atomic E-state index is 12.7. The van der Waals surface area contributed by atoms with Gasteiger partial charge in [0.15, 0.2) is 17.9 Å². The summed E-state index contributed by atoms with van der Waals surface area (Å²) in [6.45, 7) is 2.25. The largest absolute Gasteiger partial charge is 0.330 e. The summed E-state index contributed by atoms with van der Waals surface area (Å²) in [6.07, 6.45) is 3.86. The van der Waals surface area contributed by atoms with E-state index in [9.17, 15) is 4.79 Å². The molecule has 0 fully saturated rings. The lowest BCUT2D eigenvalue weighted by Crippen LogP contribution is -2.37. The Morgan fingerprint density at radius 1 is 1.16 bits per heavy atom. The van der Waals surface area contributed by atoms with Gasteiger partial charge < -0.3 is 4.57 Å². The Balaban J connectivity index is 1.68. The average molecular weight is 395 g/mol. The number of carbonyl (C=O) groups is 1. The molecular formula is C20H17BrN3O+. The van der Waals surface area contributed by atoms with Gasteiger partial charge in [-0.1, -0.05) is 36.4 Å². The molecule has 0 unspecified atom stereocenters. The molecule has 0 radical (unpaired) electrons. The predicted octanol–water partition coefficient (Wildman–Crippen LogP) is 3.97. The minimum absolute atomic E-state index is 0.0784. The minimum atomic E-state index is 0.0784. The first-order chi connectivity index (χ1) is 12.0. The second-order valence-corrected chi connectivity index (χ2v) is 7.07. The Kier molecular flexibility index (Phi) is 3.88. The Bertz CT molecular complexity index is 1130. The van der Waals surface area contributed by atoms with Gasteiger partial charge in [-0.15, -0.1) is 0 Å². The van der Waals surface area contributed by atoms with E-state index in [1.165, 1.54) is 0 Å². The van der Waals surface area contributed by atoms with Crippen molar-refractivity contribution in [1.82, 2.24) is 9.55 Å². The van der Waals surface area contributed by atoms with Crippen molar-refractivity contribution in [2.45, 2.75) is 13.5 Å². The Labute approximate surface area is 153 Å². The number of imidazole rings is 1. The van der Waals surface area contributed by atoms with Crippen molar-refractivity contribution in [1.29, 1.82) is 0 Å². The van der Waals surface area contributed by atoms with Gasteiger partial charge in [0, 0.05) is 12.6 Å². The van der Waals surface area contributed by atoms with Gasteiger partial charge in [0.05, 0.1) is 5.52 Å². The standard InChI is InChI=1S/C20H17BrN3O/c1-13-22-18-11-24(10-17(21)20(18)23(13)2)12-19(25)16-8-7-14-5-3-4-6-15(14)9-16/h3-11H,12H2,1-2H3/q+1. The summed E-state index contributed by atoms with van der Waals surface area (Å²) in [5.41, 5.74) is 2.63.